The van der Waals surface area contributed by atoms with Crippen LogP contribution in [0, 0.1) is 12.7 Å². The van der Waals surface area contributed by atoms with Crippen LogP contribution in [0.3, 0.4) is 0 Å². The van der Waals surface area contributed by atoms with Gasteiger partial charge >= 0.3 is 0 Å². The molecule has 21 heavy (non-hydrogen) atoms. The summed E-state index contributed by atoms with van der Waals surface area (Å²) in [5, 5.41) is 0. The normalized spacial score (nSPS) is 20.9. The maximum atomic E-state index is 14.0. The van der Waals surface area contributed by atoms with Crippen molar-refractivity contribution in [3.05, 3.63) is 29.6 Å². The fraction of sp³-hybridized carbons (Fsp3) is 0.600. The van der Waals surface area contributed by atoms with Crippen molar-refractivity contribution >= 4 is 10.0 Å². The summed E-state index contributed by atoms with van der Waals surface area (Å²) < 4.78 is 41.4. The number of hydrogen-bond donors (Lipinski definition) is 1. The highest BCUT2D eigenvalue weighted by Crippen LogP contribution is 2.20. The summed E-state index contributed by atoms with van der Waals surface area (Å²) in [6.45, 7) is 7.41. The number of piperidine rings is 1. The first-order valence-corrected chi connectivity index (χ1v) is 8.81. The maximum Gasteiger partial charge on any atom is 0.243 e. The lowest BCUT2D eigenvalue weighted by atomic mass is 10.1. The van der Waals surface area contributed by atoms with E-state index in [1.54, 1.807) is 19.1 Å². The van der Waals surface area contributed by atoms with Crippen molar-refractivity contribution < 1.29 is 12.8 Å². The molecule has 0 unspecified atom stereocenters. The van der Waals surface area contributed by atoms with Gasteiger partial charge in [0.2, 0.25) is 10.0 Å². The largest absolute Gasteiger partial charge is 0.299 e. The Morgan fingerprint density at radius 1 is 1.38 bits per heavy atom. The van der Waals surface area contributed by atoms with E-state index in [0.29, 0.717) is 18.2 Å². The molecular formula is C15H23FN2O2S. The molecule has 1 aromatic rings. The third kappa shape index (κ3) is 3.81. The van der Waals surface area contributed by atoms with E-state index < -0.39 is 15.8 Å². The molecule has 1 aromatic carbocycles. The van der Waals surface area contributed by atoms with Crippen LogP contribution in [0.2, 0.25) is 0 Å². The molecule has 1 atom stereocenters. The Kier molecular flexibility index (Phi) is 5.01. The van der Waals surface area contributed by atoms with Crippen molar-refractivity contribution in [1.82, 2.24) is 9.62 Å². The van der Waals surface area contributed by atoms with Gasteiger partial charge in [-0.2, -0.15) is 0 Å². The molecule has 0 aromatic heterocycles. The zero-order chi connectivity index (χ0) is 15.6. The molecule has 1 heterocycles. The smallest absolute Gasteiger partial charge is 0.243 e. The van der Waals surface area contributed by atoms with E-state index in [4.69, 9.17) is 0 Å². The average Bonchev–Trinajstić information content (AvgIpc) is 2.41. The fourth-order valence-electron chi connectivity index (χ4n) is 2.68. The Morgan fingerprint density at radius 2 is 2.10 bits per heavy atom. The number of hydrogen-bond acceptors (Lipinski definition) is 3. The van der Waals surface area contributed by atoms with E-state index in [0.717, 1.165) is 19.4 Å². The first kappa shape index (κ1) is 16.4. The minimum Gasteiger partial charge on any atom is -0.299 e. The second-order valence-corrected chi connectivity index (χ2v) is 7.62. The van der Waals surface area contributed by atoms with E-state index in [1.807, 2.05) is 0 Å². The summed E-state index contributed by atoms with van der Waals surface area (Å²) in [4.78, 5) is 1.98. The van der Waals surface area contributed by atoms with Gasteiger partial charge in [0, 0.05) is 18.6 Å². The molecule has 0 saturated carbocycles. The van der Waals surface area contributed by atoms with E-state index in [9.17, 15) is 12.8 Å². The van der Waals surface area contributed by atoms with Crippen molar-refractivity contribution in [2.24, 2.45) is 0 Å². The maximum absolute atomic E-state index is 14.0. The summed E-state index contributed by atoms with van der Waals surface area (Å²) in [6.07, 6.45) is 1.73. The average molecular weight is 314 g/mol. The molecule has 1 fully saturated rings. The van der Waals surface area contributed by atoms with Gasteiger partial charge in [-0.05, 0) is 51.8 Å². The van der Waals surface area contributed by atoms with Crippen molar-refractivity contribution in [3.8, 4) is 0 Å². The predicted molar refractivity (Wildman–Crippen MR) is 81.2 cm³/mol. The quantitative estimate of drug-likeness (QED) is 0.927. The highest BCUT2D eigenvalue weighted by molar-refractivity contribution is 7.89. The summed E-state index contributed by atoms with van der Waals surface area (Å²) >= 11 is 0. The van der Waals surface area contributed by atoms with Gasteiger partial charge in [-0.25, -0.2) is 17.5 Å². The van der Waals surface area contributed by atoms with Crippen LogP contribution >= 0.6 is 0 Å². The molecule has 0 spiro atoms. The molecule has 4 nitrogen and oxygen atoms in total. The third-order valence-corrected chi connectivity index (χ3v) is 5.49. The number of aryl methyl sites for hydroxylation is 1. The standard InChI is InChI=1S/C15H23FN2O2S/c1-11(2)18-9-5-7-13(10-18)17-21(19,20)14-8-4-6-12(3)15(14)16/h4,6,8,11,13,17H,5,7,9-10H2,1-3H3/t13-/m1/s1. The molecule has 0 radical (unpaired) electrons. The summed E-state index contributed by atoms with van der Waals surface area (Å²) in [7, 11) is -3.81. The first-order chi connectivity index (χ1) is 9.81. The Labute approximate surface area is 126 Å². The van der Waals surface area contributed by atoms with Gasteiger partial charge in [0.05, 0.1) is 0 Å². The lowest BCUT2D eigenvalue weighted by Crippen LogP contribution is -2.49. The van der Waals surface area contributed by atoms with Crippen LogP contribution in [0.15, 0.2) is 23.1 Å². The number of nitrogens with zero attached hydrogens (tertiary/aromatic N) is 1. The molecule has 6 heteroatoms. The highest BCUT2D eigenvalue weighted by atomic mass is 32.2. The van der Waals surface area contributed by atoms with E-state index in [-0.39, 0.29) is 10.9 Å². The van der Waals surface area contributed by atoms with Crippen LogP contribution in [0.1, 0.15) is 32.3 Å². The summed E-state index contributed by atoms with van der Waals surface area (Å²) in [6, 6.07) is 4.66. The first-order valence-electron chi connectivity index (χ1n) is 7.33. The van der Waals surface area contributed by atoms with Crippen LogP contribution in [-0.4, -0.2) is 38.5 Å². The second kappa shape index (κ2) is 6.42. The van der Waals surface area contributed by atoms with Crippen LogP contribution in [0.5, 0.6) is 0 Å². The molecular weight excluding hydrogens is 291 g/mol. The van der Waals surface area contributed by atoms with Crippen LogP contribution in [0.25, 0.3) is 0 Å². The lowest BCUT2D eigenvalue weighted by Gasteiger charge is -2.35. The zero-order valence-corrected chi connectivity index (χ0v) is 13.6. The molecule has 0 bridgehead atoms. The summed E-state index contributed by atoms with van der Waals surface area (Å²) in [5.74, 6) is -0.665. The fourth-order valence-corrected chi connectivity index (χ4v) is 4.10. The topological polar surface area (TPSA) is 49.4 Å². The zero-order valence-electron chi connectivity index (χ0n) is 12.8. The second-order valence-electron chi connectivity index (χ2n) is 5.94. The lowest BCUT2D eigenvalue weighted by molar-refractivity contribution is 0.163. The van der Waals surface area contributed by atoms with E-state index in [2.05, 4.69) is 23.5 Å². The summed E-state index contributed by atoms with van der Waals surface area (Å²) in [5.41, 5.74) is 0.338. The number of sulfonamides is 1. The van der Waals surface area contributed by atoms with Crippen LogP contribution < -0.4 is 4.72 Å². The number of likely N-dealkylation sites (tertiary alicyclic amines) is 1. The van der Waals surface area contributed by atoms with Crippen molar-refractivity contribution in [1.29, 1.82) is 0 Å². The molecule has 2 rings (SSSR count). The van der Waals surface area contributed by atoms with Gasteiger partial charge in [-0.3, -0.25) is 4.90 Å². The van der Waals surface area contributed by atoms with Gasteiger partial charge in [0.25, 0.3) is 0 Å². The Hall–Kier alpha value is -0.980. The molecule has 1 N–H and O–H groups in total. The minimum absolute atomic E-state index is 0.161. The van der Waals surface area contributed by atoms with Gasteiger partial charge in [-0.15, -0.1) is 0 Å². The van der Waals surface area contributed by atoms with Crippen LogP contribution in [-0.2, 0) is 10.0 Å². The number of nitrogens with one attached hydrogen (secondary N) is 1. The molecule has 0 aliphatic carbocycles. The highest BCUT2D eigenvalue weighted by Gasteiger charge is 2.28. The monoisotopic (exact) mass is 314 g/mol. The SMILES string of the molecule is Cc1cccc(S(=O)(=O)N[C@@H]2CCCN(C(C)C)C2)c1F. The molecule has 1 aliphatic heterocycles. The third-order valence-electron chi connectivity index (χ3n) is 3.95. The minimum atomic E-state index is -3.81. The van der Waals surface area contributed by atoms with Gasteiger partial charge < -0.3 is 0 Å². The van der Waals surface area contributed by atoms with Gasteiger partial charge in [-0.1, -0.05) is 12.1 Å². The Bertz CT molecular complexity index is 602. The molecule has 1 saturated heterocycles. The van der Waals surface area contributed by atoms with Crippen molar-refractivity contribution in [2.75, 3.05) is 13.1 Å². The number of rotatable bonds is 4. The van der Waals surface area contributed by atoms with Crippen molar-refractivity contribution in [3.63, 3.8) is 0 Å². The van der Waals surface area contributed by atoms with Crippen LogP contribution in [0.4, 0.5) is 4.39 Å². The molecule has 1 aliphatic rings. The Balaban J connectivity index is 2.16. The number of halogens is 1. The molecule has 118 valence electrons. The molecule has 0 amide bonds. The van der Waals surface area contributed by atoms with Crippen molar-refractivity contribution in [2.45, 2.75) is 50.6 Å². The van der Waals surface area contributed by atoms with E-state index in [1.165, 1.54) is 6.07 Å². The van der Waals surface area contributed by atoms with Gasteiger partial charge in [0.15, 0.2) is 0 Å². The van der Waals surface area contributed by atoms with Gasteiger partial charge in [0.1, 0.15) is 10.7 Å². The Morgan fingerprint density at radius 3 is 2.76 bits per heavy atom. The predicted octanol–water partition coefficient (Wildman–Crippen LogP) is 2.29. The number of benzene rings is 1. The van der Waals surface area contributed by atoms with E-state index >= 15 is 0 Å².